The third-order valence-corrected chi connectivity index (χ3v) is 9.43. The summed E-state index contributed by atoms with van der Waals surface area (Å²) in [6, 6.07) is 7.70. The Bertz CT molecular complexity index is 2120. The van der Waals surface area contributed by atoms with Gasteiger partial charge in [-0.15, -0.1) is 0 Å². The highest BCUT2D eigenvalue weighted by Crippen LogP contribution is 2.39. The van der Waals surface area contributed by atoms with Crippen molar-refractivity contribution in [2.75, 3.05) is 32.8 Å². The number of aryl methyl sites for hydroxylation is 1. The molecule has 0 radical (unpaired) electrons. The van der Waals surface area contributed by atoms with Crippen LogP contribution in [-0.2, 0) is 54.7 Å². The SMILES string of the molecule is CCCCCCCCOc1c(O[C@@H]2O[C@H](COC(C)=O)[C@@H](OC(C)=O)[C@H](OC(C)=O)[C@H]2OC(C)=O)c2ccc(NC(=O)/C=C/c3cc(OC)c(O)c(OC)c3)cc2n(C)c1=O. The number of aromatic nitrogens is 1. The first-order valence-electron chi connectivity index (χ1n) is 19.8. The normalized spacial score (nSPS) is 18.5. The number of fused-ring (bicyclic) bond motifs is 1. The van der Waals surface area contributed by atoms with Crippen LogP contribution in [0.5, 0.6) is 28.7 Å². The standard InChI is InChI=1S/C43H54N2O16/c1-9-10-11-12-13-14-19-55-40-37(61-43-41(59-27(5)49)39(58-26(4)48)38(57-25(3)47)34(60-43)23-56-24(2)46)30-17-16-29(22-31(30)45(6)42(40)52)44-35(50)18-15-28-20-32(53-7)36(51)33(21-28)54-8/h15-18,20-22,34,38-39,41,43,51H,9-14,19,23H2,1-8H3,(H,44,50)/b18-15+/t34-,38-,39+,41-,43+/m1/s1. The molecule has 2 aromatic carbocycles. The molecule has 18 heteroatoms. The van der Waals surface area contributed by atoms with Crippen LogP contribution in [0.2, 0.25) is 0 Å². The lowest BCUT2D eigenvalue weighted by atomic mass is 9.98. The van der Waals surface area contributed by atoms with Crippen molar-refractivity contribution in [3.63, 3.8) is 0 Å². The number of carbonyl (C=O) groups is 5. The number of carbonyl (C=O) groups excluding carboxylic acids is 5. The van der Waals surface area contributed by atoms with Crippen molar-refractivity contribution in [2.45, 2.75) is 104 Å². The number of pyridine rings is 1. The molecule has 0 saturated carbocycles. The summed E-state index contributed by atoms with van der Waals surface area (Å²) in [7, 11) is 4.27. The number of benzene rings is 2. The molecule has 1 aliphatic heterocycles. The second kappa shape index (κ2) is 22.3. The Kier molecular flexibility index (Phi) is 17.4. The van der Waals surface area contributed by atoms with E-state index in [1.807, 2.05) is 0 Å². The molecule has 4 rings (SSSR count). The topological polar surface area (TPSA) is 223 Å². The average Bonchev–Trinajstić information content (AvgIpc) is 3.20. The fourth-order valence-corrected chi connectivity index (χ4v) is 6.63. The van der Waals surface area contributed by atoms with Crippen LogP contribution >= 0.6 is 0 Å². The lowest BCUT2D eigenvalue weighted by Crippen LogP contribution is -2.63. The summed E-state index contributed by atoms with van der Waals surface area (Å²) in [4.78, 5) is 76.5. The number of nitrogens with one attached hydrogen (secondary N) is 1. The Hall–Kier alpha value is -6.30. The maximum absolute atomic E-state index is 14.2. The maximum atomic E-state index is 14.2. The Morgan fingerprint density at radius 2 is 1.41 bits per heavy atom. The van der Waals surface area contributed by atoms with E-state index in [1.165, 1.54) is 56.2 Å². The lowest BCUT2D eigenvalue weighted by molar-refractivity contribution is -0.288. The first kappa shape index (κ1) is 47.4. The zero-order valence-electron chi connectivity index (χ0n) is 35.6. The minimum atomic E-state index is -1.67. The van der Waals surface area contributed by atoms with Gasteiger partial charge in [0.2, 0.25) is 29.8 Å². The molecule has 1 aliphatic rings. The molecule has 1 fully saturated rings. The van der Waals surface area contributed by atoms with Gasteiger partial charge < -0.3 is 57.6 Å². The fraction of sp³-hybridized carbons (Fsp3) is 0.488. The molecular formula is C43H54N2O16. The summed E-state index contributed by atoms with van der Waals surface area (Å²) < 4.78 is 52.4. The van der Waals surface area contributed by atoms with E-state index in [4.69, 9.17) is 42.6 Å². The van der Waals surface area contributed by atoms with Gasteiger partial charge in [-0.25, -0.2) is 0 Å². The molecule has 1 amide bonds. The Morgan fingerprint density at radius 3 is 2.02 bits per heavy atom. The van der Waals surface area contributed by atoms with Crippen LogP contribution in [0.4, 0.5) is 5.69 Å². The molecule has 0 bridgehead atoms. The van der Waals surface area contributed by atoms with Crippen LogP contribution in [0, 0.1) is 0 Å². The molecule has 2 heterocycles. The van der Waals surface area contributed by atoms with Gasteiger partial charge in [0.05, 0.1) is 26.3 Å². The Labute approximate surface area is 352 Å². The van der Waals surface area contributed by atoms with E-state index in [9.17, 15) is 33.9 Å². The average molecular weight is 855 g/mol. The first-order valence-corrected chi connectivity index (χ1v) is 19.8. The summed E-state index contributed by atoms with van der Waals surface area (Å²) in [5, 5.41) is 13.3. The third-order valence-electron chi connectivity index (χ3n) is 9.43. The van der Waals surface area contributed by atoms with Crippen molar-refractivity contribution in [3.8, 4) is 28.7 Å². The van der Waals surface area contributed by atoms with Crippen LogP contribution in [0.3, 0.4) is 0 Å². The van der Waals surface area contributed by atoms with Crippen molar-refractivity contribution >= 4 is 52.5 Å². The van der Waals surface area contributed by atoms with Crippen molar-refractivity contribution in [1.29, 1.82) is 0 Å². The molecule has 5 atom stereocenters. The Balaban J connectivity index is 1.79. The summed E-state index contributed by atoms with van der Waals surface area (Å²) in [6.07, 6.45) is 0.855. The van der Waals surface area contributed by atoms with Crippen molar-refractivity contribution in [1.82, 2.24) is 4.57 Å². The summed E-state index contributed by atoms with van der Waals surface area (Å²) >= 11 is 0. The minimum Gasteiger partial charge on any atom is -0.502 e. The molecule has 332 valence electrons. The number of esters is 4. The highest BCUT2D eigenvalue weighted by atomic mass is 16.7. The number of nitrogens with zero attached hydrogens (tertiary/aromatic N) is 1. The highest BCUT2D eigenvalue weighted by Gasteiger charge is 2.53. The second-order valence-electron chi connectivity index (χ2n) is 14.2. The largest absolute Gasteiger partial charge is 0.502 e. The smallest absolute Gasteiger partial charge is 0.303 e. The zero-order valence-corrected chi connectivity index (χ0v) is 35.6. The van der Waals surface area contributed by atoms with Gasteiger partial charge in [-0.05, 0) is 48.4 Å². The number of rotatable bonds is 20. The number of aromatic hydroxyl groups is 1. The number of hydrogen-bond donors (Lipinski definition) is 2. The monoisotopic (exact) mass is 854 g/mol. The number of amides is 1. The van der Waals surface area contributed by atoms with Gasteiger partial charge in [-0.2, -0.15) is 0 Å². The number of phenols is 1. The van der Waals surface area contributed by atoms with Crippen LogP contribution in [-0.4, -0.2) is 97.6 Å². The lowest BCUT2D eigenvalue weighted by Gasteiger charge is -2.44. The predicted molar refractivity (Wildman–Crippen MR) is 220 cm³/mol. The molecule has 3 aromatic rings. The summed E-state index contributed by atoms with van der Waals surface area (Å²) in [5.74, 6) is -3.97. The third kappa shape index (κ3) is 12.8. The van der Waals surface area contributed by atoms with Crippen LogP contribution < -0.4 is 29.8 Å². The maximum Gasteiger partial charge on any atom is 0.303 e. The number of anilines is 1. The quantitative estimate of drug-likeness (QED) is 0.0652. The van der Waals surface area contributed by atoms with Gasteiger partial charge >= 0.3 is 23.9 Å². The number of hydrogen-bond acceptors (Lipinski definition) is 16. The number of ether oxygens (including phenoxy) is 9. The van der Waals surface area contributed by atoms with E-state index in [0.29, 0.717) is 17.4 Å². The van der Waals surface area contributed by atoms with Gasteiger partial charge in [0.15, 0.2) is 29.5 Å². The van der Waals surface area contributed by atoms with Crippen LogP contribution in [0.15, 0.2) is 41.2 Å². The number of unbranched alkanes of at least 4 members (excludes halogenated alkanes) is 5. The van der Waals surface area contributed by atoms with Gasteiger partial charge in [0.25, 0.3) is 5.56 Å². The van der Waals surface area contributed by atoms with Gasteiger partial charge in [-0.1, -0.05) is 39.0 Å². The summed E-state index contributed by atoms with van der Waals surface area (Å²) in [6.45, 7) is 6.21. The molecule has 2 N–H and O–H groups in total. The molecule has 0 unspecified atom stereocenters. The van der Waals surface area contributed by atoms with Gasteiger partial charge in [-0.3, -0.25) is 28.8 Å². The van der Waals surface area contributed by atoms with Crippen molar-refractivity contribution in [2.24, 2.45) is 7.05 Å². The molecule has 1 saturated heterocycles. The molecule has 61 heavy (non-hydrogen) atoms. The molecular weight excluding hydrogens is 800 g/mol. The minimum absolute atomic E-state index is 0.140. The number of methoxy groups -OCH3 is 2. The molecule has 1 aromatic heterocycles. The fourth-order valence-electron chi connectivity index (χ4n) is 6.63. The highest BCUT2D eigenvalue weighted by molar-refractivity contribution is 6.03. The van der Waals surface area contributed by atoms with Crippen molar-refractivity contribution < 1.29 is 71.7 Å². The zero-order chi connectivity index (χ0) is 44.8. The molecule has 0 spiro atoms. The Morgan fingerprint density at radius 1 is 0.803 bits per heavy atom. The van der Waals surface area contributed by atoms with Crippen LogP contribution in [0.25, 0.3) is 17.0 Å². The van der Waals surface area contributed by atoms with E-state index >= 15 is 0 Å². The molecule has 0 aliphatic carbocycles. The first-order chi connectivity index (χ1) is 29.1. The van der Waals surface area contributed by atoms with Crippen molar-refractivity contribution in [3.05, 3.63) is 52.3 Å². The van der Waals surface area contributed by atoms with Gasteiger partial charge in [0.1, 0.15) is 12.7 Å². The van der Waals surface area contributed by atoms with Crippen LogP contribution in [0.1, 0.15) is 78.7 Å². The number of phenolic OH excluding ortho intramolecular Hbond substituents is 1. The van der Waals surface area contributed by atoms with Gasteiger partial charge in [0, 0.05) is 51.9 Å². The van der Waals surface area contributed by atoms with E-state index in [0.717, 1.165) is 59.8 Å². The second-order valence-corrected chi connectivity index (χ2v) is 14.2. The van der Waals surface area contributed by atoms with E-state index in [1.54, 1.807) is 12.1 Å². The predicted octanol–water partition coefficient (Wildman–Crippen LogP) is 5.11. The van der Waals surface area contributed by atoms with E-state index < -0.39 is 72.7 Å². The summed E-state index contributed by atoms with van der Waals surface area (Å²) in [5.41, 5.74) is 0.433. The van der Waals surface area contributed by atoms with E-state index in [2.05, 4.69) is 12.2 Å². The molecule has 18 nitrogen and oxygen atoms in total. The van der Waals surface area contributed by atoms with E-state index in [-0.39, 0.29) is 46.6 Å².